The number of amides is 1. The summed E-state index contributed by atoms with van der Waals surface area (Å²) < 4.78 is 4.68. The number of hydrogen-bond acceptors (Lipinski definition) is 5. The number of anilines is 1. The van der Waals surface area contributed by atoms with Gasteiger partial charge in [-0.2, -0.15) is 11.8 Å². The maximum atomic E-state index is 12.1. The molecule has 0 aliphatic rings. The van der Waals surface area contributed by atoms with Gasteiger partial charge in [-0.1, -0.05) is 12.1 Å². The summed E-state index contributed by atoms with van der Waals surface area (Å²) in [5.74, 6) is -0.0591. The highest BCUT2D eigenvalue weighted by Crippen LogP contribution is 2.11. The van der Waals surface area contributed by atoms with Gasteiger partial charge in [0.05, 0.1) is 12.7 Å². The highest BCUT2D eigenvalue weighted by molar-refractivity contribution is 7.98. The molecule has 0 heterocycles. The Morgan fingerprint density at radius 1 is 1.42 bits per heavy atom. The first kappa shape index (κ1) is 15.4. The van der Waals surface area contributed by atoms with E-state index in [1.165, 1.54) is 7.11 Å². The molecule has 104 valence electrons. The van der Waals surface area contributed by atoms with Crippen LogP contribution in [0.3, 0.4) is 0 Å². The molecular weight excluding hydrogens is 264 g/mol. The van der Waals surface area contributed by atoms with E-state index in [4.69, 9.17) is 5.73 Å². The molecule has 1 atom stereocenters. The van der Waals surface area contributed by atoms with Crippen LogP contribution in [0.2, 0.25) is 0 Å². The summed E-state index contributed by atoms with van der Waals surface area (Å²) in [6.45, 7) is 0. The van der Waals surface area contributed by atoms with E-state index in [-0.39, 0.29) is 5.91 Å². The molecule has 0 bridgehead atoms. The maximum absolute atomic E-state index is 12.1. The van der Waals surface area contributed by atoms with Crippen molar-refractivity contribution in [2.75, 3.05) is 24.9 Å². The second kappa shape index (κ2) is 7.68. The topological polar surface area (TPSA) is 81.4 Å². The fraction of sp³-hybridized carbons (Fsp3) is 0.385. The number of nitrogens with one attached hydrogen (secondary N) is 1. The summed E-state index contributed by atoms with van der Waals surface area (Å²) in [6, 6.07) is 6.08. The van der Waals surface area contributed by atoms with Gasteiger partial charge >= 0.3 is 5.97 Å². The summed E-state index contributed by atoms with van der Waals surface area (Å²) in [5, 5.41) is 2.65. The van der Waals surface area contributed by atoms with Gasteiger partial charge in [0.1, 0.15) is 6.04 Å². The Balaban J connectivity index is 2.76. The standard InChI is InChI=1S/C13H18N2O3S/c1-18-13(17)11(7-8-19-2)15-12(16)9-5-3-4-6-10(9)14/h3-6,11H,7-8,14H2,1-2H3,(H,15,16)/t11-/m0/s1. The lowest BCUT2D eigenvalue weighted by molar-refractivity contribution is -0.142. The van der Waals surface area contributed by atoms with E-state index < -0.39 is 12.0 Å². The Hall–Kier alpha value is -1.69. The van der Waals surface area contributed by atoms with E-state index in [1.54, 1.807) is 36.0 Å². The number of methoxy groups -OCH3 is 1. The van der Waals surface area contributed by atoms with Gasteiger partial charge in [0.2, 0.25) is 0 Å². The van der Waals surface area contributed by atoms with Gasteiger partial charge in [-0.15, -0.1) is 0 Å². The smallest absolute Gasteiger partial charge is 0.328 e. The summed E-state index contributed by atoms with van der Waals surface area (Å²) in [4.78, 5) is 23.6. The van der Waals surface area contributed by atoms with Gasteiger partial charge < -0.3 is 15.8 Å². The van der Waals surface area contributed by atoms with Crippen LogP contribution in [0.5, 0.6) is 0 Å². The Labute approximate surface area is 116 Å². The monoisotopic (exact) mass is 282 g/mol. The Morgan fingerprint density at radius 3 is 2.68 bits per heavy atom. The van der Waals surface area contributed by atoms with Crippen LogP contribution in [0.4, 0.5) is 5.69 Å². The predicted molar refractivity (Wildman–Crippen MR) is 77.1 cm³/mol. The molecule has 1 amide bonds. The number of carbonyl (C=O) groups excluding carboxylic acids is 2. The number of benzene rings is 1. The van der Waals surface area contributed by atoms with Crippen molar-refractivity contribution in [2.24, 2.45) is 0 Å². The van der Waals surface area contributed by atoms with Crippen LogP contribution < -0.4 is 11.1 Å². The molecule has 1 aromatic rings. The minimum absolute atomic E-state index is 0.362. The second-order valence-electron chi connectivity index (χ2n) is 3.92. The number of hydrogen-bond donors (Lipinski definition) is 2. The second-order valence-corrected chi connectivity index (χ2v) is 4.90. The zero-order valence-electron chi connectivity index (χ0n) is 11.0. The van der Waals surface area contributed by atoms with Crippen molar-refractivity contribution in [3.05, 3.63) is 29.8 Å². The van der Waals surface area contributed by atoms with E-state index in [0.29, 0.717) is 17.7 Å². The number of thioether (sulfide) groups is 1. The lowest BCUT2D eigenvalue weighted by Gasteiger charge is -2.16. The van der Waals surface area contributed by atoms with Crippen LogP contribution in [0.15, 0.2) is 24.3 Å². The number of nitrogen functional groups attached to an aromatic ring is 1. The number of para-hydroxylation sites is 1. The molecule has 5 nitrogen and oxygen atoms in total. The van der Waals surface area contributed by atoms with E-state index in [0.717, 1.165) is 5.75 Å². The van der Waals surface area contributed by atoms with E-state index >= 15 is 0 Å². The fourth-order valence-electron chi connectivity index (χ4n) is 1.57. The van der Waals surface area contributed by atoms with Crippen LogP contribution >= 0.6 is 11.8 Å². The molecule has 0 radical (unpaired) electrons. The molecule has 0 aliphatic carbocycles. The molecule has 0 spiro atoms. The average molecular weight is 282 g/mol. The van der Waals surface area contributed by atoms with Gasteiger partial charge in [-0.25, -0.2) is 4.79 Å². The Kier molecular flexibility index (Phi) is 6.21. The zero-order valence-corrected chi connectivity index (χ0v) is 11.8. The molecule has 0 aliphatic heterocycles. The zero-order chi connectivity index (χ0) is 14.3. The molecule has 1 aromatic carbocycles. The van der Waals surface area contributed by atoms with E-state index in [1.807, 2.05) is 6.26 Å². The largest absolute Gasteiger partial charge is 0.467 e. The fourth-order valence-corrected chi connectivity index (χ4v) is 2.04. The first-order chi connectivity index (χ1) is 9.10. The lowest BCUT2D eigenvalue weighted by atomic mass is 10.1. The summed E-state index contributed by atoms with van der Waals surface area (Å²) in [5.41, 5.74) is 6.47. The summed E-state index contributed by atoms with van der Waals surface area (Å²) in [7, 11) is 1.30. The maximum Gasteiger partial charge on any atom is 0.328 e. The van der Waals surface area contributed by atoms with Gasteiger partial charge in [-0.05, 0) is 30.6 Å². The van der Waals surface area contributed by atoms with Crippen LogP contribution in [-0.4, -0.2) is 37.0 Å². The first-order valence-electron chi connectivity index (χ1n) is 5.82. The van der Waals surface area contributed by atoms with Crippen LogP contribution in [0.1, 0.15) is 16.8 Å². The average Bonchev–Trinajstić information content (AvgIpc) is 2.42. The molecule has 0 saturated carbocycles. The number of ether oxygens (including phenoxy) is 1. The molecular formula is C13H18N2O3S. The van der Waals surface area contributed by atoms with E-state index in [9.17, 15) is 9.59 Å². The van der Waals surface area contributed by atoms with Gasteiger partial charge in [0.15, 0.2) is 0 Å². The summed E-state index contributed by atoms with van der Waals surface area (Å²) in [6.07, 6.45) is 2.46. The molecule has 3 N–H and O–H groups in total. The molecule has 0 fully saturated rings. The quantitative estimate of drug-likeness (QED) is 0.607. The molecule has 0 unspecified atom stereocenters. The Bertz CT molecular complexity index is 451. The first-order valence-corrected chi connectivity index (χ1v) is 7.21. The molecule has 0 aromatic heterocycles. The predicted octanol–water partition coefficient (Wildman–Crippen LogP) is 1.29. The molecule has 6 heteroatoms. The third kappa shape index (κ3) is 4.48. The number of carbonyl (C=O) groups is 2. The minimum Gasteiger partial charge on any atom is -0.467 e. The van der Waals surface area contributed by atoms with Crippen molar-refractivity contribution in [3.8, 4) is 0 Å². The number of rotatable bonds is 6. The third-order valence-electron chi connectivity index (χ3n) is 2.61. The van der Waals surface area contributed by atoms with Gasteiger partial charge in [-0.3, -0.25) is 4.79 Å². The molecule has 1 rings (SSSR count). The highest BCUT2D eigenvalue weighted by atomic mass is 32.2. The van der Waals surface area contributed by atoms with Crippen LogP contribution in [0, 0.1) is 0 Å². The van der Waals surface area contributed by atoms with Crippen molar-refractivity contribution in [3.63, 3.8) is 0 Å². The molecule has 0 saturated heterocycles. The number of nitrogens with two attached hydrogens (primary N) is 1. The van der Waals surface area contributed by atoms with Gasteiger partial charge in [0, 0.05) is 5.69 Å². The third-order valence-corrected chi connectivity index (χ3v) is 3.25. The number of esters is 1. The lowest BCUT2D eigenvalue weighted by Crippen LogP contribution is -2.42. The van der Waals surface area contributed by atoms with Crippen molar-refractivity contribution in [2.45, 2.75) is 12.5 Å². The van der Waals surface area contributed by atoms with E-state index in [2.05, 4.69) is 10.1 Å². The highest BCUT2D eigenvalue weighted by Gasteiger charge is 2.22. The van der Waals surface area contributed by atoms with Crippen molar-refractivity contribution in [1.29, 1.82) is 0 Å². The SMILES string of the molecule is COC(=O)[C@H](CCSC)NC(=O)c1ccccc1N. The summed E-state index contributed by atoms with van der Waals surface area (Å²) >= 11 is 1.60. The van der Waals surface area contributed by atoms with Gasteiger partial charge in [0.25, 0.3) is 5.91 Å². The molecule has 19 heavy (non-hydrogen) atoms. The van der Waals surface area contributed by atoms with Crippen molar-refractivity contribution in [1.82, 2.24) is 5.32 Å². The van der Waals surface area contributed by atoms with Crippen LogP contribution in [0.25, 0.3) is 0 Å². The van der Waals surface area contributed by atoms with Crippen molar-refractivity contribution < 1.29 is 14.3 Å². The minimum atomic E-state index is -0.649. The van der Waals surface area contributed by atoms with Crippen LogP contribution in [-0.2, 0) is 9.53 Å². The Morgan fingerprint density at radius 2 is 2.11 bits per heavy atom. The normalized spacial score (nSPS) is 11.7. The van der Waals surface area contributed by atoms with Crippen molar-refractivity contribution >= 4 is 29.3 Å².